The Hall–Kier alpha value is -2.98. The largest absolute Gasteiger partial charge is 0.493 e. The van der Waals surface area contributed by atoms with E-state index < -0.39 is 5.91 Å². The summed E-state index contributed by atoms with van der Waals surface area (Å²) in [7, 11) is 1.54. The zero-order chi connectivity index (χ0) is 22.1. The molecule has 6 nitrogen and oxygen atoms in total. The second kappa shape index (κ2) is 11.3. The highest BCUT2D eigenvalue weighted by atomic mass is 79.9. The first kappa shape index (κ1) is 23.3. The van der Waals surface area contributed by atoms with Crippen LogP contribution in [0.2, 0.25) is 0 Å². The van der Waals surface area contributed by atoms with Crippen LogP contribution in [-0.2, 0) is 4.79 Å². The van der Waals surface area contributed by atoms with Crippen LogP contribution in [0.15, 0.2) is 46.4 Å². The van der Waals surface area contributed by atoms with E-state index in [2.05, 4.69) is 40.0 Å². The van der Waals surface area contributed by atoms with E-state index in [9.17, 15) is 10.1 Å². The monoisotopic (exact) mass is 471 g/mol. The number of rotatable bonds is 9. The summed E-state index contributed by atoms with van der Waals surface area (Å²) in [6, 6.07) is 13.0. The Balaban J connectivity index is 2.24. The van der Waals surface area contributed by atoms with Gasteiger partial charge in [-0.1, -0.05) is 15.9 Å². The lowest BCUT2D eigenvalue weighted by Crippen LogP contribution is -2.21. The third-order valence-corrected chi connectivity index (χ3v) is 5.19. The van der Waals surface area contributed by atoms with Gasteiger partial charge in [-0.25, -0.2) is 0 Å². The molecule has 0 aliphatic rings. The number of hydrogen-bond donors (Lipinski definition) is 1. The molecule has 2 rings (SSSR count). The van der Waals surface area contributed by atoms with Crippen molar-refractivity contribution < 1.29 is 14.3 Å². The molecule has 1 N–H and O–H groups in total. The van der Waals surface area contributed by atoms with Gasteiger partial charge in [-0.3, -0.25) is 4.79 Å². The number of carbonyl (C=O) groups excluding carboxylic acids is 1. The van der Waals surface area contributed by atoms with Crippen molar-refractivity contribution in [2.45, 2.75) is 20.8 Å². The van der Waals surface area contributed by atoms with Gasteiger partial charge in [-0.2, -0.15) is 5.26 Å². The maximum Gasteiger partial charge on any atom is 0.266 e. The van der Waals surface area contributed by atoms with E-state index in [1.165, 1.54) is 6.08 Å². The minimum absolute atomic E-state index is 0.0188. The second-order valence-corrected chi connectivity index (χ2v) is 7.16. The third-order valence-electron chi connectivity index (χ3n) is 4.50. The highest BCUT2D eigenvalue weighted by Gasteiger charge is 2.14. The molecule has 0 bridgehead atoms. The van der Waals surface area contributed by atoms with E-state index in [1.807, 2.05) is 37.3 Å². The van der Waals surface area contributed by atoms with Crippen LogP contribution >= 0.6 is 15.9 Å². The van der Waals surface area contributed by atoms with Crippen molar-refractivity contribution in [2.75, 3.05) is 37.0 Å². The van der Waals surface area contributed by atoms with Gasteiger partial charge in [0.15, 0.2) is 11.5 Å². The maximum atomic E-state index is 12.6. The molecule has 158 valence electrons. The molecule has 0 aliphatic heterocycles. The Bertz CT molecular complexity index is 945. The Morgan fingerprint density at radius 1 is 1.17 bits per heavy atom. The molecule has 30 heavy (non-hydrogen) atoms. The summed E-state index contributed by atoms with van der Waals surface area (Å²) in [5.74, 6) is 0.629. The summed E-state index contributed by atoms with van der Waals surface area (Å²) in [5, 5.41) is 12.3. The van der Waals surface area contributed by atoms with Gasteiger partial charge in [0.25, 0.3) is 5.91 Å². The normalized spacial score (nSPS) is 10.9. The van der Waals surface area contributed by atoms with Crippen LogP contribution in [0.1, 0.15) is 26.3 Å². The summed E-state index contributed by atoms with van der Waals surface area (Å²) in [5.41, 5.74) is 2.33. The maximum absolute atomic E-state index is 12.6. The van der Waals surface area contributed by atoms with Crippen LogP contribution in [0, 0.1) is 11.3 Å². The quantitative estimate of drug-likeness (QED) is 0.399. The number of ether oxygens (including phenoxy) is 2. The molecule has 1 amide bonds. The first-order chi connectivity index (χ1) is 14.5. The van der Waals surface area contributed by atoms with Crippen molar-refractivity contribution in [3.63, 3.8) is 0 Å². The lowest BCUT2D eigenvalue weighted by molar-refractivity contribution is -0.112. The van der Waals surface area contributed by atoms with Gasteiger partial charge in [0.1, 0.15) is 11.6 Å². The predicted molar refractivity (Wildman–Crippen MR) is 124 cm³/mol. The molecule has 0 radical (unpaired) electrons. The number of benzene rings is 2. The molecule has 7 heteroatoms. The van der Waals surface area contributed by atoms with Crippen molar-refractivity contribution in [3.05, 3.63) is 52.0 Å². The van der Waals surface area contributed by atoms with Crippen LogP contribution in [0.3, 0.4) is 0 Å². The lowest BCUT2D eigenvalue weighted by atomic mass is 10.1. The number of nitrogens with zero attached hydrogens (tertiary/aromatic N) is 2. The average molecular weight is 472 g/mol. The molecule has 2 aromatic rings. The zero-order valence-corrected chi connectivity index (χ0v) is 19.2. The summed E-state index contributed by atoms with van der Waals surface area (Å²) in [4.78, 5) is 14.8. The fourth-order valence-electron chi connectivity index (χ4n) is 2.94. The molecular formula is C23H26BrN3O3. The minimum atomic E-state index is -0.479. The SMILES string of the molecule is CCOc1cc(Br)c(/C=C(/C#N)C(=O)Nc2ccc(N(CC)CC)cc2)cc1OC. The van der Waals surface area contributed by atoms with E-state index in [4.69, 9.17) is 9.47 Å². The Morgan fingerprint density at radius 2 is 1.83 bits per heavy atom. The summed E-state index contributed by atoms with van der Waals surface area (Å²) < 4.78 is 11.6. The van der Waals surface area contributed by atoms with Crippen LogP contribution in [-0.4, -0.2) is 32.7 Å². The van der Waals surface area contributed by atoms with Crippen LogP contribution < -0.4 is 19.7 Å². The van der Waals surface area contributed by atoms with Crippen LogP contribution in [0.5, 0.6) is 11.5 Å². The Labute approximate surface area is 186 Å². The first-order valence-electron chi connectivity index (χ1n) is 9.75. The number of amides is 1. The first-order valence-corrected chi connectivity index (χ1v) is 10.5. The van der Waals surface area contributed by atoms with Crippen molar-refractivity contribution >= 4 is 39.3 Å². The molecule has 0 atom stereocenters. The molecule has 0 fully saturated rings. The molecule has 0 unspecified atom stereocenters. The number of carbonyl (C=O) groups is 1. The molecule has 0 spiro atoms. The van der Waals surface area contributed by atoms with Gasteiger partial charge in [0, 0.05) is 28.9 Å². The molecular weight excluding hydrogens is 446 g/mol. The molecule has 0 saturated carbocycles. The van der Waals surface area contributed by atoms with E-state index in [-0.39, 0.29) is 5.57 Å². The van der Waals surface area contributed by atoms with E-state index in [0.29, 0.717) is 33.8 Å². The van der Waals surface area contributed by atoms with Gasteiger partial charge in [0.05, 0.1) is 13.7 Å². The van der Waals surface area contributed by atoms with E-state index >= 15 is 0 Å². The highest BCUT2D eigenvalue weighted by Crippen LogP contribution is 2.34. The lowest BCUT2D eigenvalue weighted by Gasteiger charge is -2.21. The summed E-state index contributed by atoms with van der Waals surface area (Å²) in [6.07, 6.45) is 1.52. The number of methoxy groups -OCH3 is 1. The van der Waals surface area contributed by atoms with Crippen molar-refractivity contribution in [1.82, 2.24) is 0 Å². The van der Waals surface area contributed by atoms with Gasteiger partial charge in [-0.05, 0) is 68.8 Å². The molecule has 0 aromatic heterocycles. The number of nitriles is 1. The number of hydrogen-bond acceptors (Lipinski definition) is 5. The Kier molecular flexibility index (Phi) is 8.75. The van der Waals surface area contributed by atoms with E-state index in [1.54, 1.807) is 19.2 Å². The third kappa shape index (κ3) is 5.77. The van der Waals surface area contributed by atoms with E-state index in [0.717, 1.165) is 18.8 Å². The second-order valence-electron chi connectivity index (χ2n) is 6.30. The standard InChI is InChI=1S/C23H26BrN3O3/c1-5-27(6-2)19-10-8-18(9-11-19)26-23(28)17(15-25)12-16-13-21(29-4)22(30-7-3)14-20(16)24/h8-14H,5-7H2,1-4H3,(H,26,28)/b17-12-. The number of nitrogens with one attached hydrogen (secondary N) is 1. The van der Waals surface area contributed by atoms with Crippen molar-refractivity contribution in [1.29, 1.82) is 5.26 Å². The van der Waals surface area contributed by atoms with Gasteiger partial charge < -0.3 is 19.7 Å². The van der Waals surface area contributed by atoms with Gasteiger partial charge in [-0.15, -0.1) is 0 Å². The number of halogens is 1. The average Bonchev–Trinajstić information content (AvgIpc) is 2.75. The smallest absolute Gasteiger partial charge is 0.266 e. The molecule has 0 heterocycles. The molecule has 2 aromatic carbocycles. The summed E-state index contributed by atoms with van der Waals surface area (Å²) in [6.45, 7) is 8.38. The Morgan fingerprint density at radius 3 is 2.37 bits per heavy atom. The van der Waals surface area contributed by atoms with Crippen molar-refractivity contribution in [2.24, 2.45) is 0 Å². The van der Waals surface area contributed by atoms with Crippen LogP contribution in [0.25, 0.3) is 6.08 Å². The zero-order valence-electron chi connectivity index (χ0n) is 17.7. The number of anilines is 2. The fraction of sp³-hybridized carbons (Fsp3) is 0.304. The fourth-order valence-corrected chi connectivity index (χ4v) is 3.37. The minimum Gasteiger partial charge on any atom is -0.493 e. The molecule has 0 aliphatic carbocycles. The van der Waals surface area contributed by atoms with Gasteiger partial charge >= 0.3 is 0 Å². The summed E-state index contributed by atoms with van der Waals surface area (Å²) >= 11 is 3.46. The van der Waals surface area contributed by atoms with Crippen molar-refractivity contribution in [3.8, 4) is 17.6 Å². The molecule has 0 saturated heterocycles. The topological polar surface area (TPSA) is 74.6 Å². The van der Waals surface area contributed by atoms with Gasteiger partial charge in [0.2, 0.25) is 0 Å². The van der Waals surface area contributed by atoms with Crippen LogP contribution in [0.4, 0.5) is 11.4 Å². The highest BCUT2D eigenvalue weighted by molar-refractivity contribution is 9.10. The predicted octanol–water partition coefficient (Wildman–Crippen LogP) is 5.25.